The molecular formula is C25H28N2O6S. The summed E-state index contributed by atoms with van der Waals surface area (Å²) in [5.74, 6) is 1.45. The van der Waals surface area contributed by atoms with Crippen molar-refractivity contribution in [1.82, 2.24) is 5.32 Å². The fraction of sp³-hybridized carbons (Fsp3) is 0.240. The molecule has 1 amide bonds. The SMILES string of the molecule is COc1ccc(S(=O)(=O)Nc2ccccc2C(=O)NCCc2ccc(OC)c(OC)c2)cc1C. The molecule has 0 saturated carbocycles. The molecule has 0 aromatic heterocycles. The van der Waals surface area contributed by atoms with Gasteiger partial charge >= 0.3 is 0 Å². The van der Waals surface area contributed by atoms with Gasteiger partial charge in [0, 0.05) is 6.54 Å². The number of para-hydroxylation sites is 1. The van der Waals surface area contributed by atoms with Gasteiger partial charge in [0.1, 0.15) is 5.75 Å². The highest BCUT2D eigenvalue weighted by atomic mass is 32.2. The Bertz CT molecular complexity index is 1270. The van der Waals surface area contributed by atoms with E-state index in [-0.39, 0.29) is 22.1 Å². The molecule has 0 bridgehead atoms. The maximum absolute atomic E-state index is 12.9. The van der Waals surface area contributed by atoms with E-state index in [9.17, 15) is 13.2 Å². The number of sulfonamides is 1. The Balaban J connectivity index is 1.71. The first-order chi connectivity index (χ1) is 16.3. The maximum atomic E-state index is 12.9. The third-order valence-electron chi connectivity index (χ3n) is 5.24. The van der Waals surface area contributed by atoms with E-state index in [0.29, 0.717) is 35.8 Å². The largest absolute Gasteiger partial charge is 0.496 e. The number of nitrogens with one attached hydrogen (secondary N) is 2. The van der Waals surface area contributed by atoms with Crippen LogP contribution in [0.15, 0.2) is 65.6 Å². The first kappa shape index (κ1) is 24.9. The van der Waals surface area contributed by atoms with Crippen LogP contribution >= 0.6 is 0 Å². The molecule has 0 spiro atoms. The Morgan fingerprint density at radius 3 is 2.21 bits per heavy atom. The van der Waals surface area contributed by atoms with Crippen LogP contribution in [0.4, 0.5) is 5.69 Å². The summed E-state index contributed by atoms with van der Waals surface area (Å²) in [5, 5.41) is 2.84. The second-order valence-corrected chi connectivity index (χ2v) is 9.16. The van der Waals surface area contributed by atoms with Gasteiger partial charge in [0.25, 0.3) is 15.9 Å². The average molecular weight is 485 g/mol. The van der Waals surface area contributed by atoms with Crippen LogP contribution in [0.2, 0.25) is 0 Å². The summed E-state index contributed by atoms with van der Waals surface area (Å²) in [6, 6.07) is 16.6. The van der Waals surface area contributed by atoms with E-state index in [1.54, 1.807) is 57.5 Å². The number of carbonyl (C=O) groups is 1. The molecule has 0 heterocycles. The molecule has 0 aliphatic heterocycles. The van der Waals surface area contributed by atoms with E-state index in [0.717, 1.165) is 5.56 Å². The minimum Gasteiger partial charge on any atom is -0.496 e. The zero-order valence-corrected chi connectivity index (χ0v) is 20.4. The number of carbonyl (C=O) groups excluding carboxylic acids is 1. The van der Waals surface area contributed by atoms with Crippen LogP contribution in [-0.4, -0.2) is 42.2 Å². The molecule has 0 fully saturated rings. The molecule has 2 N–H and O–H groups in total. The highest BCUT2D eigenvalue weighted by Gasteiger charge is 2.19. The van der Waals surface area contributed by atoms with Crippen LogP contribution < -0.4 is 24.2 Å². The second kappa shape index (κ2) is 10.9. The second-order valence-electron chi connectivity index (χ2n) is 7.48. The zero-order chi connectivity index (χ0) is 24.7. The van der Waals surface area contributed by atoms with Gasteiger partial charge in [-0.1, -0.05) is 18.2 Å². The maximum Gasteiger partial charge on any atom is 0.261 e. The van der Waals surface area contributed by atoms with E-state index < -0.39 is 10.0 Å². The smallest absolute Gasteiger partial charge is 0.261 e. The third kappa shape index (κ3) is 5.79. The number of hydrogen-bond donors (Lipinski definition) is 2. The lowest BCUT2D eigenvalue weighted by Crippen LogP contribution is -2.27. The number of rotatable bonds is 10. The van der Waals surface area contributed by atoms with E-state index in [1.165, 1.54) is 19.2 Å². The first-order valence-corrected chi connectivity index (χ1v) is 12.0. The Morgan fingerprint density at radius 1 is 0.853 bits per heavy atom. The fourth-order valence-corrected chi connectivity index (χ4v) is 4.61. The summed E-state index contributed by atoms with van der Waals surface area (Å²) in [5.41, 5.74) is 2.07. The lowest BCUT2D eigenvalue weighted by atomic mass is 10.1. The number of anilines is 1. The van der Waals surface area contributed by atoms with Crippen molar-refractivity contribution in [3.8, 4) is 17.2 Å². The van der Waals surface area contributed by atoms with Gasteiger partial charge < -0.3 is 19.5 Å². The molecule has 3 aromatic rings. The van der Waals surface area contributed by atoms with Crippen molar-refractivity contribution in [2.75, 3.05) is 32.6 Å². The van der Waals surface area contributed by atoms with Crippen molar-refractivity contribution < 1.29 is 27.4 Å². The highest BCUT2D eigenvalue weighted by Crippen LogP contribution is 2.28. The quantitative estimate of drug-likeness (QED) is 0.454. The molecule has 3 rings (SSSR count). The molecule has 0 aliphatic rings. The summed E-state index contributed by atoms with van der Waals surface area (Å²) in [4.78, 5) is 12.9. The monoisotopic (exact) mass is 484 g/mol. The molecule has 8 nitrogen and oxygen atoms in total. The topological polar surface area (TPSA) is 103 Å². The summed E-state index contributed by atoms with van der Waals surface area (Å²) >= 11 is 0. The predicted molar refractivity (Wildman–Crippen MR) is 131 cm³/mol. The molecule has 0 aliphatic carbocycles. The third-order valence-corrected chi connectivity index (χ3v) is 6.60. The first-order valence-electron chi connectivity index (χ1n) is 10.5. The van der Waals surface area contributed by atoms with E-state index >= 15 is 0 Å². The van der Waals surface area contributed by atoms with E-state index in [2.05, 4.69) is 10.0 Å². The van der Waals surface area contributed by atoms with Crippen molar-refractivity contribution in [3.63, 3.8) is 0 Å². The van der Waals surface area contributed by atoms with Gasteiger partial charge in [-0.2, -0.15) is 0 Å². The molecule has 180 valence electrons. The average Bonchev–Trinajstić information content (AvgIpc) is 2.83. The van der Waals surface area contributed by atoms with Crippen LogP contribution in [0.5, 0.6) is 17.2 Å². The minimum absolute atomic E-state index is 0.0782. The number of amides is 1. The van der Waals surface area contributed by atoms with Crippen molar-refractivity contribution in [3.05, 3.63) is 77.4 Å². The number of ether oxygens (including phenoxy) is 3. The van der Waals surface area contributed by atoms with Crippen molar-refractivity contribution in [2.45, 2.75) is 18.2 Å². The van der Waals surface area contributed by atoms with Crippen LogP contribution in [-0.2, 0) is 16.4 Å². The molecular weight excluding hydrogens is 456 g/mol. The normalized spacial score (nSPS) is 10.9. The van der Waals surface area contributed by atoms with Crippen LogP contribution in [0.3, 0.4) is 0 Å². The highest BCUT2D eigenvalue weighted by molar-refractivity contribution is 7.92. The van der Waals surface area contributed by atoms with Gasteiger partial charge in [0.2, 0.25) is 0 Å². The van der Waals surface area contributed by atoms with Crippen LogP contribution in [0.25, 0.3) is 0 Å². The van der Waals surface area contributed by atoms with Gasteiger partial charge in [0.15, 0.2) is 11.5 Å². The van der Waals surface area contributed by atoms with Gasteiger partial charge in [-0.3, -0.25) is 9.52 Å². The number of benzene rings is 3. The van der Waals surface area contributed by atoms with Crippen LogP contribution in [0.1, 0.15) is 21.5 Å². The zero-order valence-electron chi connectivity index (χ0n) is 19.5. The molecule has 34 heavy (non-hydrogen) atoms. The summed E-state index contributed by atoms with van der Waals surface area (Å²) < 4.78 is 44.1. The minimum atomic E-state index is -3.91. The lowest BCUT2D eigenvalue weighted by Gasteiger charge is -2.14. The van der Waals surface area contributed by atoms with E-state index in [4.69, 9.17) is 14.2 Å². The van der Waals surface area contributed by atoms with Gasteiger partial charge in [-0.05, 0) is 66.9 Å². The Kier molecular flexibility index (Phi) is 8.01. The van der Waals surface area contributed by atoms with Crippen molar-refractivity contribution in [2.24, 2.45) is 0 Å². The molecule has 0 saturated heterocycles. The van der Waals surface area contributed by atoms with Gasteiger partial charge in [-0.15, -0.1) is 0 Å². The van der Waals surface area contributed by atoms with Gasteiger partial charge in [0.05, 0.1) is 37.5 Å². The van der Waals surface area contributed by atoms with E-state index in [1.807, 2.05) is 12.1 Å². The van der Waals surface area contributed by atoms with Crippen molar-refractivity contribution >= 4 is 21.6 Å². The molecule has 3 aromatic carbocycles. The van der Waals surface area contributed by atoms with Crippen LogP contribution in [0, 0.1) is 6.92 Å². The fourth-order valence-electron chi connectivity index (χ4n) is 3.44. The number of aryl methyl sites for hydroxylation is 1. The van der Waals surface area contributed by atoms with Gasteiger partial charge in [-0.25, -0.2) is 8.42 Å². The summed E-state index contributed by atoms with van der Waals surface area (Å²) in [6.45, 7) is 2.12. The summed E-state index contributed by atoms with van der Waals surface area (Å²) in [6.07, 6.45) is 0.561. The number of hydrogen-bond acceptors (Lipinski definition) is 6. The predicted octanol–water partition coefficient (Wildman–Crippen LogP) is 3.79. The van der Waals surface area contributed by atoms with Crippen molar-refractivity contribution in [1.29, 1.82) is 0 Å². The Hall–Kier alpha value is -3.72. The molecule has 0 unspecified atom stereocenters. The Labute approximate surface area is 199 Å². The summed E-state index contributed by atoms with van der Waals surface area (Å²) in [7, 11) is 0.749. The molecule has 0 radical (unpaired) electrons. The molecule has 0 atom stereocenters. The lowest BCUT2D eigenvalue weighted by molar-refractivity contribution is 0.0955. The number of methoxy groups -OCH3 is 3. The standard InChI is InChI=1S/C25H28N2O6S/c1-17-15-19(10-12-22(17)31-2)34(29,30)27-21-8-6-5-7-20(21)25(28)26-14-13-18-9-11-23(32-3)24(16-18)33-4/h5-12,15-16,27H,13-14H2,1-4H3,(H,26,28). The Morgan fingerprint density at radius 2 is 1.53 bits per heavy atom. The molecule has 9 heteroatoms.